The third-order valence-electron chi connectivity index (χ3n) is 7.84. The average molecular weight is 683 g/mol. The first-order chi connectivity index (χ1) is 22.0. The number of Topliss-reactive ketones (excluding diaryl/α,β-unsaturated/α-hetero) is 1. The highest BCUT2D eigenvalue weighted by Gasteiger charge is 2.43. The number of nitrogens with zero attached hydrogens (tertiary/aromatic N) is 2. The van der Waals surface area contributed by atoms with E-state index >= 15 is 0 Å². The van der Waals surface area contributed by atoms with Gasteiger partial charge in [0.25, 0.3) is 0 Å². The van der Waals surface area contributed by atoms with Gasteiger partial charge in [0, 0.05) is 24.5 Å². The lowest BCUT2D eigenvalue weighted by molar-refractivity contribution is -0.150. The number of morpholine rings is 2. The summed E-state index contributed by atoms with van der Waals surface area (Å²) in [6.07, 6.45) is 5.28. The molecule has 2 amide bonds. The van der Waals surface area contributed by atoms with Crippen LogP contribution in [0.4, 0.5) is 9.59 Å². The Morgan fingerprint density at radius 3 is 1.96 bits per heavy atom. The molecule has 1 aromatic carbocycles. The van der Waals surface area contributed by atoms with Gasteiger partial charge in [0.05, 0.1) is 26.3 Å². The largest absolute Gasteiger partial charge is 0.444 e. The second-order valence-electron chi connectivity index (χ2n) is 14.4. The van der Waals surface area contributed by atoms with Gasteiger partial charge in [-0.1, -0.05) is 69.7 Å². The maximum absolute atomic E-state index is 12.5. The van der Waals surface area contributed by atoms with Crippen LogP contribution in [0.5, 0.6) is 0 Å². The number of benzene rings is 1. The molecule has 11 heteroatoms. The minimum absolute atomic E-state index is 0.0895. The first kappa shape index (κ1) is 40.8. The Balaban J connectivity index is 0.000000343. The zero-order valence-corrected chi connectivity index (χ0v) is 30.7. The number of hydrogen-bond donors (Lipinski definition) is 1. The van der Waals surface area contributed by atoms with Crippen molar-refractivity contribution in [1.29, 1.82) is 0 Å². The molecule has 47 heavy (non-hydrogen) atoms. The van der Waals surface area contributed by atoms with E-state index < -0.39 is 29.0 Å². The molecule has 1 N–H and O–H groups in total. The molecule has 1 aromatic rings. The highest BCUT2D eigenvalue weighted by atomic mass is 35.5. The first-order valence-corrected chi connectivity index (χ1v) is 17.6. The van der Waals surface area contributed by atoms with Crippen LogP contribution in [0.2, 0.25) is 5.02 Å². The third kappa shape index (κ3) is 14.3. The van der Waals surface area contributed by atoms with Crippen LogP contribution in [0.25, 0.3) is 0 Å². The number of rotatable bonds is 11. The molecular weight excluding hydrogens is 624 g/mol. The van der Waals surface area contributed by atoms with Crippen molar-refractivity contribution in [3.05, 3.63) is 34.9 Å². The van der Waals surface area contributed by atoms with E-state index in [9.17, 15) is 19.5 Å². The minimum Gasteiger partial charge on any atom is -0.444 e. The number of halogens is 1. The molecule has 0 saturated carbocycles. The Morgan fingerprint density at radius 1 is 0.851 bits per heavy atom. The van der Waals surface area contributed by atoms with Crippen molar-refractivity contribution in [2.24, 2.45) is 0 Å². The molecule has 0 aliphatic carbocycles. The molecule has 3 atom stereocenters. The monoisotopic (exact) mass is 682 g/mol. The van der Waals surface area contributed by atoms with E-state index in [0.717, 1.165) is 44.1 Å². The summed E-state index contributed by atoms with van der Waals surface area (Å²) in [5, 5.41) is 12.2. The number of aliphatic hydroxyl groups is 1. The highest BCUT2D eigenvalue weighted by molar-refractivity contribution is 6.30. The van der Waals surface area contributed by atoms with E-state index in [4.69, 9.17) is 30.5 Å². The van der Waals surface area contributed by atoms with Gasteiger partial charge in [-0.2, -0.15) is 0 Å². The van der Waals surface area contributed by atoms with Crippen LogP contribution in [-0.4, -0.2) is 95.7 Å². The molecule has 0 aromatic heterocycles. The second kappa shape index (κ2) is 19.0. The fourth-order valence-corrected chi connectivity index (χ4v) is 5.56. The molecule has 10 nitrogen and oxygen atoms in total. The van der Waals surface area contributed by atoms with Gasteiger partial charge in [0.15, 0.2) is 5.78 Å². The second-order valence-corrected chi connectivity index (χ2v) is 14.8. The van der Waals surface area contributed by atoms with Crippen LogP contribution in [0, 0.1) is 0 Å². The Bertz CT molecular complexity index is 1130. The van der Waals surface area contributed by atoms with E-state index in [-0.39, 0.29) is 24.5 Å². The Kier molecular flexibility index (Phi) is 16.4. The molecule has 2 aliphatic heterocycles. The number of amides is 2. The van der Waals surface area contributed by atoms with Crippen molar-refractivity contribution in [1.82, 2.24) is 9.80 Å². The van der Waals surface area contributed by atoms with Crippen molar-refractivity contribution in [3.8, 4) is 0 Å². The van der Waals surface area contributed by atoms with Crippen LogP contribution in [-0.2, 0) is 29.3 Å². The summed E-state index contributed by atoms with van der Waals surface area (Å²) in [6.45, 7) is 17.5. The number of carbonyl (C=O) groups excluding carboxylic acids is 3. The van der Waals surface area contributed by atoms with Crippen LogP contribution >= 0.6 is 11.6 Å². The minimum atomic E-state index is -1.21. The van der Waals surface area contributed by atoms with Crippen LogP contribution in [0.15, 0.2) is 24.3 Å². The summed E-state index contributed by atoms with van der Waals surface area (Å²) in [4.78, 5) is 39.7. The molecule has 0 radical (unpaired) electrons. The summed E-state index contributed by atoms with van der Waals surface area (Å²) in [7, 11) is 0. The Hall–Kier alpha value is -2.40. The van der Waals surface area contributed by atoms with Crippen molar-refractivity contribution in [3.63, 3.8) is 0 Å². The Morgan fingerprint density at radius 2 is 1.40 bits per heavy atom. The van der Waals surface area contributed by atoms with Gasteiger partial charge in [-0.15, -0.1) is 0 Å². The molecule has 2 fully saturated rings. The number of hydrogen-bond acceptors (Lipinski definition) is 8. The topological polar surface area (TPSA) is 115 Å². The summed E-state index contributed by atoms with van der Waals surface area (Å²) < 4.78 is 22.2. The quantitative estimate of drug-likeness (QED) is 0.239. The molecule has 268 valence electrons. The number of carbonyl (C=O) groups is 3. The van der Waals surface area contributed by atoms with Gasteiger partial charge in [0.1, 0.15) is 29.0 Å². The zero-order chi connectivity index (χ0) is 35.3. The van der Waals surface area contributed by atoms with Gasteiger partial charge in [0.2, 0.25) is 0 Å². The molecule has 0 bridgehead atoms. The molecule has 1 unspecified atom stereocenters. The lowest BCUT2D eigenvalue weighted by atomic mass is 9.82. The number of ketones is 1. The summed E-state index contributed by atoms with van der Waals surface area (Å²) in [5.74, 6) is 0.0895. The molecule has 0 spiro atoms. The maximum Gasteiger partial charge on any atom is 0.410 e. The Labute approximate surface area is 287 Å². The summed E-state index contributed by atoms with van der Waals surface area (Å²) in [6, 6.07) is 7.26. The highest BCUT2D eigenvalue weighted by Crippen LogP contribution is 2.36. The normalized spacial score (nSPS) is 20.0. The first-order valence-electron chi connectivity index (χ1n) is 17.2. The van der Waals surface area contributed by atoms with Gasteiger partial charge in [-0.3, -0.25) is 4.79 Å². The fraction of sp³-hybridized carbons (Fsp3) is 0.750. The lowest BCUT2D eigenvalue weighted by Gasteiger charge is -2.42. The van der Waals surface area contributed by atoms with Crippen molar-refractivity contribution < 1.29 is 38.4 Å². The van der Waals surface area contributed by atoms with E-state index in [2.05, 4.69) is 13.8 Å². The number of unbranched alkanes of at least 4 members (excludes halogenated alkanes) is 4. The zero-order valence-electron chi connectivity index (χ0n) is 29.9. The van der Waals surface area contributed by atoms with Crippen molar-refractivity contribution in [2.75, 3.05) is 39.4 Å². The van der Waals surface area contributed by atoms with E-state index in [0.29, 0.717) is 50.7 Å². The van der Waals surface area contributed by atoms with Crippen molar-refractivity contribution >= 4 is 29.6 Å². The van der Waals surface area contributed by atoms with Crippen LogP contribution < -0.4 is 0 Å². The fourth-order valence-electron chi connectivity index (χ4n) is 5.37. The smallest absolute Gasteiger partial charge is 0.410 e. The van der Waals surface area contributed by atoms with Crippen LogP contribution in [0.3, 0.4) is 0 Å². The SMILES string of the molecule is CCCCCC(=O)C1CN(C(=O)OC(C)(C)C)CCO1.CCCCC[C@@](O)(c1cccc(Cl)c1)[C@H]1CN(C(=O)OC(C)(C)C)CCO1. The van der Waals surface area contributed by atoms with E-state index in [1.54, 1.807) is 21.9 Å². The lowest BCUT2D eigenvalue weighted by Crippen LogP contribution is -2.55. The van der Waals surface area contributed by atoms with Crippen molar-refractivity contribution in [2.45, 2.75) is 136 Å². The summed E-state index contributed by atoms with van der Waals surface area (Å²) in [5.41, 5.74) is -1.56. The number of ether oxygens (including phenoxy) is 4. The van der Waals surface area contributed by atoms with Gasteiger partial charge in [-0.25, -0.2) is 9.59 Å². The summed E-state index contributed by atoms with van der Waals surface area (Å²) >= 11 is 6.17. The predicted octanol–water partition coefficient (Wildman–Crippen LogP) is 7.52. The molecule has 2 aliphatic rings. The average Bonchev–Trinajstić information content (AvgIpc) is 3.00. The van der Waals surface area contributed by atoms with E-state index in [1.165, 1.54) is 0 Å². The predicted molar refractivity (Wildman–Crippen MR) is 184 cm³/mol. The molecular formula is C36H59ClN2O8. The van der Waals surface area contributed by atoms with Crippen LogP contribution in [0.1, 0.15) is 112 Å². The van der Waals surface area contributed by atoms with E-state index in [1.807, 2.05) is 53.7 Å². The van der Waals surface area contributed by atoms with Gasteiger partial charge < -0.3 is 33.9 Å². The maximum atomic E-state index is 12.5. The third-order valence-corrected chi connectivity index (χ3v) is 8.08. The molecule has 2 saturated heterocycles. The van der Waals surface area contributed by atoms with Gasteiger partial charge in [-0.05, 0) is 72.1 Å². The molecule has 2 heterocycles. The molecule has 3 rings (SSSR count). The standard InChI is InChI=1S/C21H32ClNO4.C15H27NO4/c1-5-6-7-11-21(25,16-9-8-10-17(22)14-16)18-15-23(12-13-26-18)19(24)27-20(2,3)4;1-5-6-7-8-12(17)13-11-16(9-10-19-13)14(18)20-15(2,3)4/h8-10,14,18,25H,5-7,11-13,15H2,1-4H3;13H,5-11H2,1-4H3/t18-,21-;/m1./s1. The van der Waals surface area contributed by atoms with Gasteiger partial charge >= 0.3 is 12.2 Å².